The van der Waals surface area contributed by atoms with Gasteiger partial charge < -0.3 is 19.5 Å². The maximum absolute atomic E-state index is 5.50. The first-order chi connectivity index (χ1) is 10.2. The van der Waals surface area contributed by atoms with Crippen molar-refractivity contribution in [2.45, 2.75) is 19.9 Å². The Bertz CT molecular complexity index is 669. The van der Waals surface area contributed by atoms with Gasteiger partial charge in [0.05, 0.1) is 25.0 Å². The zero-order chi connectivity index (χ0) is 14.8. The number of aryl methyl sites for hydroxylation is 1. The van der Waals surface area contributed by atoms with E-state index in [1.807, 2.05) is 31.2 Å². The highest BCUT2D eigenvalue weighted by molar-refractivity contribution is 7.80. The third-order valence-electron chi connectivity index (χ3n) is 3.67. The van der Waals surface area contributed by atoms with E-state index < -0.39 is 0 Å². The first-order valence-corrected chi connectivity index (χ1v) is 7.23. The number of hydrogen-bond donors (Lipinski definition) is 1. The van der Waals surface area contributed by atoms with E-state index >= 15 is 0 Å². The van der Waals surface area contributed by atoms with Crippen molar-refractivity contribution in [2.75, 3.05) is 19.0 Å². The molecule has 0 saturated heterocycles. The van der Waals surface area contributed by atoms with Crippen molar-refractivity contribution < 1.29 is 9.26 Å². The molecule has 1 N–H and O–H groups in total. The van der Waals surface area contributed by atoms with E-state index in [1.165, 1.54) is 5.56 Å². The molecule has 0 aliphatic carbocycles. The third kappa shape index (κ3) is 2.71. The molecule has 1 aliphatic rings. The van der Waals surface area contributed by atoms with Crippen LogP contribution in [0.3, 0.4) is 0 Å². The third-order valence-corrected chi connectivity index (χ3v) is 4.03. The largest absolute Gasteiger partial charge is 0.495 e. The summed E-state index contributed by atoms with van der Waals surface area (Å²) in [5.74, 6) is 1.68. The summed E-state index contributed by atoms with van der Waals surface area (Å²) >= 11 is 5.50. The van der Waals surface area contributed by atoms with Crippen LogP contribution in [-0.2, 0) is 13.0 Å². The number of aromatic nitrogens is 1. The van der Waals surface area contributed by atoms with Gasteiger partial charge in [-0.2, -0.15) is 0 Å². The molecule has 1 aromatic heterocycles. The van der Waals surface area contributed by atoms with Gasteiger partial charge in [0, 0.05) is 12.1 Å². The maximum Gasteiger partial charge on any atom is 0.173 e. The van der Waals surface area contributed by atoms with Crippen LogP contribution >= 0.6 is 12.2 Å². The smallest absolute Gasteiger partial charge is 0.173 e. The summed E-state index contributed by atoms with van der Waals surface area (Å²) in [6.07, 6.45) is 0.901. The first-order valence-electron chi connectivity index (χ1n) is 6.82. The zero-order valence-electron chi connectivity index (χ0n) is 12.0. The van der Waals surface area contributed by atoms with Crippen molar-refractivity contribution in [3.05, 3.63) is 41.3 Å². The highest BCUT2D eigenvalue weighted by Crippen LogP contribution is 2.25. The Kier molecular flexibility index (Phi) is 3.79. The van der Waals surface area contributed by atoms with Gasteiger partial charge in [0.2, 0.25) is 0 Å². The summed E-state index contributed by atoms with van der Waals surface area (Å²) in [4.78, 5) is 2.08. The molecule has 3 rings (SSSR count). The summed E-state index contributed by atoms with van der Waals surface area (Å²) in [6.45, 7) is 3.48. The Morgan fingerprint density at radius 2 is 2.24 bits per heavy atom. The lowest BCUT2D eigenvalue weighted by atomic mass is 10.1. The molecule has 0 fully saturated rings. The number of nitrogens with one attached hydrogen (secondary N) is 1. The normalized spacial score (nSPS) is 13.7. The van der Waals surface area contributed by atoms with Crippen molar-refractivity contribution in [1.29, 1.82) is 0 Å². The van der Waals surface area contributed by atoms with Gasteiger partial charge in [-0.15, -0.1) is 0 Å². The summed E-state index contributed by atoms with van der Waals surface area (Å²) < 4.78 is 10.7. The predicted octanol–water partition coefficient (Wildman–Crippen LogP) is 2.75. The highest BCUT2D eigenvalue weighted by atomic mass is 32.1. The van der Waals surface area contributed by atoms with Gasteiger partial charge in [-0.3, -0.25) is 0 Å². The molecule has 0 saturated carbocycles. The van der Waals surface area contributed by atoms with Gasteiger partial charge >= 0.3 is 0 Å². The summed E-state index contributed by atoms with van der Waals surface area (Å²) in [5, 5.41) is 7.92. The number of fused-ring (bicyclic) bond motifs is 1. The van der Waals surface area contributed by atoms with Crippen molar-refractivity contribution in [3.8, 4) is 5.75 Å². The van der Waals surface area contributed by atoms with Crippen LogP contribution in [0.1, 0.15) is 17.0 Å². The molecule has 0 spiro atoms. The molecule has 5 nitrogen and oxygen atoms in total. The SMILES string of the molecule is COc1ccccc1NC(=S)N1CCc2c(C)noc2C1. The molecule has 1 aromatic carbocycles. The molecule has 21 heavy (non-hydrogen) atoms. The van der Waals surface area contributed by atoms with Gasteiger partial charge in [-0.1, -0.05) is 17.3 Å². The monoisotopic (exact) mass is 303 g/mol. The molecule has 0 radical (unpaired) electrons. The van der Waals surface area contributed by atoms with Crippen molar-refractivity contribution in [2.24, 2.45) is 0 Å². The number of rotatable bonds is 2. The number of benzene rings is 1. The number of ether oxygens (including phenoxy) is 1. The van der Waals surface area contributed by atoms with Crippen LogP contribution in [0.2, 0.25) is 0 Å². The van der Waals surface area contributed by atoms with Crippen molar-refractivity contribution in [3.63, 3.8) is 0 Å². The van der Waals surface area contributed by atoms with Crippen molar-refractivity contribution in [1.82, 2.24) is 10.1 Å². The summed E-state index contributed by atoms with van der Waals surface area (Å²) in [6, 6.07) is 7.72. The van der Waals surface area contributed by atoms with Crippen LogP contribution < -0.4 is 10.1 Å². The minimum Gasteiger partial charge on any atom is -0.495 e. The molecular weight excluding hydrogens is 286 g/mol. The molecular formula is C15H17N3O2S. The zero-order valence-corrected chi connectivity index (χ0v) is 12.9. The van der Waals surface area contributed by atoms with Gasteiger partial charge in [0.25, 0.3) is 0 Å². The van der Waals surface area contributed by atoms with Gasteiger partial charge in [0.1, 0.15) is 5.75 Å². The molecule has 0 amide bonds. The van der Waals surface area contributed by atoms with E-state index in [9.17, 15) is 0 Å². The fraction of sp³-hybridized carbons (Fsp3) is 0.333. The van der Waals surface area contributed by atoms with E-state index in [0.717, 1.165) is 35.9 Å². The van der Waals surface area contributed by atoms with E-state index in [-0.39, 0.29) is 0 Å². The molecule has 2 heterocycles. The Labute approximate surface area is 128 Å². The van der Waals surface area contributed by atoms with E-state index in [2.05, 4.69) is 15.4 Å². The number of methoxy groups -OCH3 is 1. The molecule has 1 aliphatic heterocycles. The Morgan fingerprint density at radius 1 is 1.43 bits per heavy atom. The van der Waals surface area contributed by atoms with Crippen LogP contribution in [0.4, 0.5) is 5.69 Å². The van der Waals surface area contributed by atoms with E-state index in [1.54, 1.807) is 7.11 Å². The molecule has 0 bridgehead atoms. The van der Waals surface area contributed by atoms with E-state index in [0.29, 0.717) is 11.7 Å². The van der Waals surface area contributed by atoms with Crippen LogP contribution in [0.15, 0.2) is 28.8 Å². The summed E-state index contributed by atoms with van der Waals surface area (Å²) in [5.41, 5.74) is 3.06. The van der Waals surface area contributed by atoms with Gasteiger partial charge in [0.15, 0.2) is 10.9 Å². The minimum absolute atomic E-state index is 0.650. The number of anilines is 1. The lowest BCUT2D eigenvalue weighted by molar-refractivity contribution is 0.304. The number of hydrogen-bond acceptors (Lipinski definition) is 4. The quantitative estimate of drug-likeness (QED) is 0.861. The van der Waals surface area contributed by atoms with Crippen LogP contribution in [0.5, 0.6) is 5.75 Å². The standard InChI is InChI=1S/C15H17N3O2S/c1-10-11-7-8-18(9-14(11)20-17-10)15(21)16-12-5-3-4-6-13(12)19-2/h3-6H,7-9H2,1-2H3,(H,16,21). The Hall–Kier alpha value is -2.08. The van der Waals surface area contributed by atoms with Crippen molar-refractivity contribution >= 4 is 23.0 Å². The van der Waals surface area contributed by atoms with Crippen LogP contribution in [0, 0.1) is 6.92 Å². The van der Waals surface area contributed by atoms with E-state index in [4.69, 9.17) is 21.5 Å². The fourth-order valence-corrected chi connectivity index (χ4v) is 2.76. The second-order valence-corrected chi connectivity index (χ2v) is 5.36. The lowest BCUT2D eigenvalue weighted by Gasteiger charge is -2.28. The van der Waals surface area contributed by atoms with Gasteiger partial charge in [-0.25, -0.2) is 0 Å². The number of nitrogens with zero attached hydrogens (tertiary/aromatic N) is 2. The predicted molar refractivity (Wildman–Crippen MR) is 84.6 cm³/mol. The first kappa shape index (κ1) is 13.9. The fourth-order valence-electron chi connectivity index (χ4n) is 2.49. The number of thiocarbonyl (C=S) groups is 1. The molecule has 2 aromatic rings. The molecule has 6 heteroatoms. The molecule has 0 atom stereocenters. The lowest BCUT2D eigenvalue weighted by Crippen LogP contribution is -2.38. The van der Waals surface area contributed by atoms with Crippen LogP contribution in [-0.4, -0.2) is 28.8 Å². The second kappa shape index (κ2) is 5.73. The summed E-state index contributed by atoms with van der Waals surface area (Å²) in [7, 11) is 1.65. The second-order valence-electron chi connectivity index (χ2n) is 4.97. The minimum atomic E-state index is 0.650. The molecule has 110 valence electrons. The topological polar surface area (TPSA) is 50.5 Å². The Morgan fingerprint density at radius 3 is 3.05 bits per heavy atom. The average molecular weight is 303 g/mol. The number of para-hydroxylation sites is 2. The van der Waals surface area contributed by atoms with Gasteiger partial charge in [-0.05, 0) is 37.7 Å². The van der Waals surface area contributed by atoms with Crippen LogP contribution in [0.25, 0.3) is 0 Å². The Balaban J connectivity index is 1.72. The maximum atomic E-state index is 5.50. The average Bonchev–Trinajstić information content (AvgIpc) is 2.88. The molecule has 0 unspecified atom stereocenters. The highest BCUT2D eigenvalue weighted by Gasteiger charge is 2.24.